The third-order valence-corrected chi connectivity index (χ3v) is 3.34. The molecular formula is C18H22O. The van der Waals surface area contributed by atoms with E-state index in [2.05, 4.69) is 57.7 Å². The molecule has 0 bridgehead atoms. The van der Waals surface area contributed by atoms with E-state index in [1.807, 2.05) is 6.08 Å². The number of allylic oxidation sites excluding steroid dienone is 5. The molecule has 1 aromatic rings. The molecule has 0 fully saturated rings. The van der Waals surface area contributed by atoms with Gasteiger partial charge in [-0.25, -0.2) is 0 Å². The van der Waals surface area contributed by atoms with Crippen LogP contribution in [0.4, 0.5) is 0 Å². The van der Waals surface area contributed by atoms with Crippen molar-refractivity contribution >= 4 is 5.57 Å². The van der Waals surface area contributed by atoms with Crippen LogP contribution in [0.25, 0.3) is 5.57 Å². The summed E-state index contributed by atoms with van der Waals surface area (Å²) in [6.45, 7) is 10.8. The van der Waals surface area contributed by atoms with Crippen molar-refractivity contribution in [1.29, 1.82) is 0 Å². The highest BCUT2D eigenvalue weighted by Gasteiger charge is 2.18. The van der Waals surface area contributed by atoms with E-state index in [9.17, 15) is 0 Å². The molecule has 0 unspecified atom stereocenters. The maximum absolute atomic E-state index is 5.67. The number of rotatable bonds is 5. The Morgan fingerprint density at radius 3 is 2.79 bits per heavy atom. The van der Waals surface area contributed by atoms with E-state index in [1.165, 1.54) is 27.8 Å². The fourth-order valence-corrected chi connectivity index (χ4v) is 2.47. The molecule has 0 aliphatic heterocycles. The van der Waals surface area contributed by atoms with E-state index in [0.29, 0.717) is 6.61 Å². The maximum atomic E-state index is 5.67. The van der Waals surface area contributed by atoms with Crippen LogP contribution in [-0.4, -0.2) is 6.10 Å². The Balaban J connectivity index is 2.24. The highest BCUT2D eigenvalue weighted by molar-refractivity contribution is 5.84. The number of fused-ring (bicyclic) bond motifs is 1. The largest absolute Gasteiger partial charge is 0.374 e. The van der Waals surface area contributed by atoms with Gasteiger partial charge in [-0.2, -0.15) is 0 Å². The van der Waals surface area contributed by atoms with Crippen molar-refractivity contribution in [3.8, 4) is 0 Å². The van der Waals surface area contributed by atoms with Gasteiger partial charge in [0, 0.05) is 0 Å². The SMILES string of the molecule is C=CC1=C(/C=C\C)Cc2cc(COC(C)C)ccc21. The molecule has 0 saturated heterocycles. The fourth-order valence-electron chi connectivity index (χ4n) is 2.47. The number of hydrogen-bond donors (Lipinski definition) is 0. The summed E-state index contributed by atoms with van der Waals surface area (Å²) in [7, 11) is 0. The molecule has 0 atom stereocenters. The van der Waals surface area contributed by atoms with Crippen molar-refractivity contribution in [2.45, 2.75) is 39.9 Å². The molecule has 1 nitrogen and oxygen atoms in total. The molecule has 19 heavy (non-hydrogen) atoms. The molecule has 0 spiro atoms. The average Bonchev–Trinajstić information content (AvgIpc) is 2.73. The van der Waals surface area contributed by atoms with Gasteiger partial charge in [0.05, 0.1) is 12.7 Å². The van der Waals surface area contributed by atoms with Crippen molar-refractivity contribution < 1.29 is 4.74 Å². The van der Waals surface area contributed by atoms with Gasteiger partial charge in [0.1, 0.15) is 0 Å². The van der Waals surface area contributed by atoms with Crippen molar-refractivity contribution in [1.82, 2.24) is 0 Å². The van der Waals surface area contributed by atoms with Gasteiger partial charge in [-0.3, -0.25) is 0 Å². The molecule has 0 amide bonds. The van der Waals surface area contributed by atoms with Gasteiger partial charge >= 0.3 is 0 Å². The summed E-state index contributed by atoms with van der Waals surface area (Å²) in [5, 5.41) is 0. The zero-order valence-electron chi connectivity index (χ0n) is 12.1. The Bertz CT molecular complexity index is 533. The fraction of sp³-hybridized carbons (Fsp3) is 0.333. The quantitative estimate of drug-likeness (QED) is 0.741. The van der Waals surface area contributed by atoms with Gasteiger partial charge in [-0.1, -0.05) is 43.0 Å². The molecule has 100 valence electrons. The summed E-state index contributed by atoms with van der Waals surface area (Å²) in [5.74, 6) is 0. The number of hydrogen-bond acceptors (Lipinski definition) is 1. The van der Waals surface area contributed by atoms with Crippen LogP contribution >= 0.6 is 0 Å². The van der Waals surface area contributed by atoms with E-state index in [1.54, 1.807) is 0 Å². The van der Waals surface area contributed by atoms with E-state index < -0.39 is 0 Å². The van der Waals surface area contributed by atoms with Crippen LogP contribution in [0.1, 0.15) is 37.5 Å². The van der Waals surface area contributed by atoms with Crippen LogP contribution in [0.3, 0.4) is 0 Å². The molecule has 0 N–H and O–H groups in total. The standard InChI is InChI=1S/C18H22O/c1-5-7-15-11-16-10-14(12-19-13(3)4)8-9-18(16)17(15)6-2/h5-10,13H,2,11-12H2,1,3-4H3/b7-5-. The molecule has 0 heterocycles. The van der Waals surface area contributed by atoms with Gasteiger partial charge < -0.3 is 4.74 Å². The van der Waals surface area contributed by atoms with E-state index in [0.717, 1.165) is 6.42 Å². The zero-order valence-corrected chi connectivity index (χ0v) is 12.1. The predicted molar refractivity (Wildman–Crippen MR) is 82.0 cm³/mol. The summed E-state index contributed by atoms with van der Waals surface area (Å²) in [4.78, 5) is 0. The van der Waals surface area contributed by atoms with E-state index in [-0.39, 0.29) is 6.10 Å². The predicted octanol–water partition coefficient (Wildman–Crippen LogP) is 4.68. The minimum absolute atomic E-state index is 0.272. The van der Waals surface area contributed by atoms with Crippen LogP contribution < -0.4 is 0 Å². The second kappa shape index (κ2) is 6.03. The van der Waals surface area contributed by atoms with Gasteiger partial charge in [0.25, 0.3) is 0 Å². The zero-order chi connectivity index (χ0) is 13.8. The summed E-state index contributed by atoms with van der Waals surface area (Å²) < 4.78 is 5.67. The summed E-state index contributed by atoms with van der Waals surface area (Å²) >= 11 is 0. The van der Waals surface area contributed by atoms with Gasteiger partial charge in [0.15, 0.2) is 0 Å². The Labute approximate surface area is 116 Å². The Hall–Kier alpha value is -1.60. The monoisotopic (exact) mass is 254 g/mol. The lowest BCUT2D eigenvalue weighted by atomic mass is 10.0. The normalized spacial score (nSPS) is 14.5. The lowest BCUT2D eigenvalue weighted by Crippen LogP contribution is -2.02. The van der Waals surface area contributed by atoms with Crippen LogP contribution in [0.5, 0.6) is 0 Å². The molecule has 0 aromatic heterocycles. The molecule has 1 aromatic carbocycles. The van der Waals surface area contributed by atoms with Crippen LogP contribution in [0.2, 0.25) is 0 Å². The first-order valence-electron chi connectivity index (χ1n) is 6.87. The second-order valence-corrected chi connectivity index (χ2v) is 5.17. The third-order valence-electron chi connectivity index (χ3n) is 3.34. The Kier molecular flexibility index (Phi) is 4.39. The first-order chi connectivity index (χ1) is 9.15. The van der Waals surface area contributed by atoms with E-state index in [4.69, 9.17) is 4.74 Å². The lowest BCUT2D eigenvalue weighted by Gasteiger charge is -2.09. The Morgan fingerprint density at radius 2 is 2.16 bits per heavy atom. The highest BCUT2D eigenvalue weighted by Crippen LogP contribution is 2.34. The van der Waals surface area contributed by atoms with Crippen molar-refractivity contribution in [2.24, 2.45) is 0 Å². The number of ether oxygens (including phenoxy) is 1. The summed E-state index contributed by atoms with van der Waals surface area (Å²) in [5.41, 5.74) is 6.57. The van der Waals surface area contributed by atoms with Crippen molar-refractivity contribution in [3.05, 3.63) is 65.3 Å². The molecule has 0 radical (unpaired) electrons. The van der Waals surface area contributed by atoms with Crippen LogP contribution in [0.15, 0.2) is 48.6 Å². The molecule has 0 saturated carbocycles. The minimum Gasteiger partial charge on any atom is -0.374 e. The van der Waals surface area contributed by atoms with Crippen LogP contribution in [-0.2, 0) is 17.8 Å². The second-order valence-electron chi connectivity index (χ2n) is 5.17. The first-order valence-corrected chi connectivity index (χ1v) is 6.87. The van der Waals surface area contributed by atoms with E-state index >= 15 is 0 Å². The third kappa shape index (κ3) is 3.05. The first kappa shape index (κ1) is 13.8. The summed E-state index contributed by atoms with van der Waals surface area (Å²) in [6.07, 6.45) is 7.50. The minimum atomic E-state index is 0.272. The van der Waals surface area contributed by atoms with Crippen molar-refractivity contribution in [3.63, 3.8) is 0 Å². The smallest absolute Gasteiger partial charge is 0.0720 e. The van der Waals surface area contributed by atoms with Gasteiger partial charge in [-0.15, -0.1) is 0 Å². The average molecular weight is 254 g/mol. The molecular weight excluding hydrogens is 232 g/mol. The highest BCUT2D eigenvalue weighted by atomic mass is 16.5. The molecule has 1 aliphatic rings. The molecule has 1 aliphatic carbocycles. The molecule has 2 rings (SSSR count). The Morgan fingerprint density at radius 1 is 1.37 bits per heavy atom. The number of benzene rings is 1. The van der Waals surface area contributed by atoms with Gasteiger partial charge in [0.2, 0.25) is 0 Å². The van der Waals surface area contributed by atoms with Crippen LogP contribution in [0, 0.1) is 0 Å². The van der Waals surface area contributed by atoms with Gasteiger partial charge in [-0.05, 0) is 55.0 Å². The molecule has 1 heteroatoms. The maximum Gasteiger partial charge on any atom is 0.0720 e. The van der Waals surface area contributed by atoms with Crippen molar-refractivity contribution in [2.75, 3.05) is 0 Å². The summed E-state index contributed by atoms with van der Waals surface area (Å²) in [6, 6.07) is 6.61. The lowest BCUT2D eigenvalue weighted by molar-refractivity contribution is 0.0657. The topological polar surface area (TPSA) is 9.23 Å².